The molecule has 1 heterocycles. The van der Waals surface area contributed by atoms with Gasteiger partial charge in [-0.15, -0.1) is 0 Å². The summed E-state index contributed by atoms with van der Waals surface area (Å²) in [6, 6.07) is 8.31. The van der Waals surface area contributed by atoms with Gasteiger partial charge in [0.15, 0.2) is 0 Å². The van der Waals surface area contributed by atoms with Crippen molar-refractivity contribution >= 4 is 11.6 Å². The first-order valence-corrected chi connectivity index (χ1v) is 8.10. The maximum absolute atomic E-state index is 12.5. The Labute approximate surface area is 132 Å². The van der Waals surface area contributed by atoms with E-state index >= 15 is 0 Å². The second-order valence-electron chi connectivity index (χ2n) is 6.28. The summed E-state index contributed by atoms with van der Waals surface area (Å²) < 4.78 is 5.28. The van der Waals surface area contributed by atoms with Crippen molar-refractivity contribution in [3.63, 3.8) is 0 Å². The Morgan fingerprint density at radius 3 is 2.64 bits per heavy atom. The number of piperazine rings is 1. The Balaban J connectivity index is 1.56. The molecule has 1 aliphatic carbocycles. The SMILES string of the molecule is COc1cccc(N2CCN(C(=O)[C@@H]3CC[C@H](N)C3)CC2)c1. The number of carbonyl (C=O) groups is 1. The first-order chi connectivity index (χ1) is 10.7. The first kappa shape index (κ1) is 15.2. The van der Waals surface area contributed by atoms with E-state index in [1.807, 2.05) is 23.1 Å². The highest BCUT2D eigenvalue weighted by Gasteiger charge is 2.32. The molecule has 1 aromatic carbocycles. The number of methoxy groups -OCH3 is 1. The summed E-state index contributed by atoms with van der Waals surface area (Å²) in [4.78, 5) is 16.8. The predicted octanol–water partition coefficient (Wildman–Crippen LogP) is 1.47. The molecule has 0 radical (unpaired) electrons. The molecule has 2 fully saturated rings. The number of amides is 1. The van der Waals surface area contributed by atoms with E-state index in [4.69, 9.17) is 10.5 Å². The number of benzene rings is 1. The highest BCUT2D eigenvalue weighted by atomic mass is 16.5. The lowest BCUT2D eigenvalue weighted by molar-refractivity contribution is -0.135. The van der Waals surface area contributed by atoms with Gasteiger partial charge in [-0.1, -0.05) is 6.07 Å². The largest absolute Gasteiger partial charge is 0.497 e. The van der Waals surface area contributed by atoms with E-state index in [0.717, 1.165) is 56.9 Å². The minimum absolute atomic E-state index is 0.151. The molecule has 0 unspecified atom stereocenters. The molecule has 1 saturated carbocycles. The lowest BCUT2D eigenvalue weighted by Crippen LogP contribution is -2.50. The van der Waals surface area contributed by atoms with Crippen molar-refractivity contribution in [2.45, 2.75) is 25.3 Å². The van der Waals surface area contributed by atoms with Crippen LogP contribution in [0.3, 0.4) is 0 Å². The van der Waals surface area contributed by atoms with Crippen LogP contribution in [0.4, 0.5) is 5.69 Å². The minimum Gasteiger partial charge on any atom is -0.497 e. The Kier molecular flexibility index (Phi) is 4.52. The zero-order valence-corrected chi connectivity index (χ0v) is 13.2. The lowest BCUT2D eigenvalue weighted by Gasteiger charge is -2.37. The maximum Gasteiger partial charge on any atom is 0.225 e. The number of rotatable bonds is 3. The molecular weight excluding hydrogens is 278 g/mol. The number of carbonyl (C=O) groups excluding carboxylic acids is 1. The van der Waals surface area contributed by atoms with E-state index < -0.39 is 0 Å². The fourth-order valence-electron chi connectivity index (χ4n) is 3.49. The third-order valence-corrected chi connectivity index (χ3v) is 4.83. The van der Waals surface area contributed by atoms with Gasteiger partial charge in [0.05, 0.1) is 7.11 Å². The smallest absolute Gasteiger partial charge is 0.225 e. The standard InChI is InChI=1S/C17H25N3O2/c1-22-16-4-2-3-15(12-16)19-7-9-20(10-8-19)17(21)13-5-6-14(18)11-13/h2-4,12-14H,5-11,18H2,1H3/t13-,14+/m1/s1. The molecule has 1 aromatic rings. The van der Waals surface area contributed by atoms with E-state index in [2.05, 4.69) is 11.0 Å². The van der Waals surface area contributed by atoms with Crippen molar-refractivity contribution < 1.29 is 9.53 Å². The van der Waals surface area contributed by atoms with Crippen LogP contribution in [0.1, 0.15) is 19.3 Å². The summed E-state index contributed by atoms with van der Waals surface area (Å²) in [5.41, 5.74) is 7.09. The summed E-state index contributed by atoms with van der Waals surface area (Å²) in [6.45, 7) is 3.33. The Hall–Kier alpha value is -1.75. The molecule has 1 amide bonds. The summed E-state index contributed by atoms with van der Waals surface area (Å²) in [6.07, 6.45) is 2.80. The molecule has 3 rings (SSSR count). The van der Waals surface area contributed by atoms with Crippen molar-refractivity contribution in [1.29, 1.82) is 0 Å². The maximum atomic E-state index is 12.5. The highest BCUT2D eigenvalue weighted by Crippen LogP contribution is 2.27. The van der Waals surface area contributed by atoms with Crippen molar-refractivity contribution in [2.24, 2.45) is 11.7 Å². The highest BCUT2D eigenvalue weighted by molar-refractivity contribution is 5.79. The van der Waals surface area contributed by atoms with Gasteiger partial charge in [0.2, 0.25) is 5.91 Å². The molecular formula is C17H25N3O2. The third-order valence-electron chi connectivity index (χ3n) is 4.83. The zero-order chi connectivity index (χ0) is 15.5. The van der Waals surface area contributed by atoms with Crippen LogP contribution in [0.2, 0.25) is 0 Å². The van der Waals surface area contributed by atoms with E-state index in [1.165, 1.54) is 0 Å². The lowest BCUT2D eigenvalue weighted by atomic mass is 10.1. The van der Waals surface area contributed by atoms with Gasteiger partial charge in [0, 0.05) is 49.9 Å². The van der Waals surface area contributed by atoms with Gasteiger partial charge in [-0.3, -0.25) is 4.79 Å². The number of anilines is 1. The van der Waals surface area contributed by atoms with Gasteiger partial charge in [0.25, 0.3) is 0 Å². The quantitative estimate of drug-likeness (QED) is 0.919. The van der Waals surface area contributed by atoms with Crippen molar-refractivity contribution in [2.75, 3.05) is 38.2 Å². The zero-order valence-electron chi connectivity index (χ0n) is 13.2. The number of nitrogens with zero attached hydrogens (tertiary/aromatic N) is 2. The molecule has 2 atom stereocenters. The van der Waals surface area contributed by atoms with Gasteiger partial charge in [0.1, 0.15) is 5.75 Å². The molecule has 1 saturated heterocycles. The Morgan fingerprint density at radius 1 is 1.23 bits per heavy atom. The number of ether oxygens (including phenoxy) is 1. The molecule has 5 nitrogen and oxygen atoms in total. The molecule has 1 aliphatic heterocycles. The van der Waals surface area contributed by atoms with Gasteiger partial charge >= 0.3 is 0 Å². The van der Waals surface area contributed by atoms with Crippen LogP contribution < -0.4 is 15.4 Å². The first-order valence-electron chi connectivity index (χ1n) is 8.10. The Bertz CT molecular complexity index is 526. The fourth-order valence-corrected chi connectivity index (χ4v) is 3.49. The van der Waals surface area contributed by atoms with Gasteiger partial charge in [-0.25, -0.2) is 0 Å². The van der Waals surface area contributed by atoms with Crippen LogP contribution in [0.25, 0.3) is 0 Å². The molecule has 120 valence electrons. The Morgan fingerprint density at radius 2 is 2.00 bits per heavy atom. The van der Waals surface area contributed by atoms with Crippen LogP contribution in [0, 0.1) is 5.92 Å². The van der Waals surface area contributed by atoms with Crippen molar-refractivity contribution in [3.05, 3.63) is 24.3 Å². The normalized spacial score (nSPS) is 25.4. The van der Waals surface area contributed by atoms with Gasteiger partial charge < -0.3 is 20.3 Å². The molecule has 22 heavy (non-hydrogen) atoms. The fraction of sp³-hybridized carbons (Fsp3) is 0.588. The monoisotopic (exact) mass is 303 g/mol. The third kappa shape index (κ3) is 3.19. The van der Waals surface area contributed by atoms with Crippen LogP contribution in [-0.4, -0.2) is 50.1 Å². The molecule has 5 heteroatoms. The summed E-state index contributed by atoms with van der Waals surface area (Å²) >= 11 is 0. The van der Waals surface area contributed by atoms with Crippen LogP contribution in [0.15, 0.2) is 24.3 Å². The predicted molar refractivity (Wildman–Crippen MR) is 87.1 cm³/mol. The van der Waals surface area contributed by atoms with Crippen molar-refractivity contribution in [1.82, 2.24) is 4.90 Å². The number of hydrogen-bond donors (Lipinski definition) is 1. The average Bonchev–Trinajstić information content (AvgIpc) is 3.01. The van der Waals surface area contributed by atoms with Crippen LogP contribution in [-0.2, 0) is 4.79 Å². The second kappa shape index (κ2) is 6.57. The van der Waals surface area contributed by atoms with E-state index in [9.17, 15) is 4.79 Å². The summed E-state index contributed by atoms with van der Waals surface area (Å²) in [7, 11) is 1.68. The molecule has 2 aliphatic rings. The minimum atomic E-state index is 0.151. The van der Waals surface area contributed by atoms with Gasteiger partial charge in [-0.2, -0.15) is 0 Å². The molecule has 0 aromatic heterocycles. The average molecular weight is 303 g/mol. The topological polar surface area (TPSA) is 58.8 Å². The van der Waals surface area contributed by atoms with Crippen LogP contribution >= 0.6 is 0 Å². The second-order valence-corrected chi connectivity index (χ2v) is 6.28. The summed E-state index contributed by atoms with van der Waals surface area (Å²) in [5, 5.41) is 0. The van der Waals surface area contributed by atoms with Gasteiger partial charge in [-0.05, 0) is 31.4 Å². The number of nitrogens with two attached hydrogens (primary N) is 1. The van der Waals surface area contributed by atoms with E-state index in [0.29, 0.717) is 5.91 Å². The number of hydrogen-bond acceptors (Lipinski definition) is 4. The molecule has 0 bridgehead atoms. The van der Waals surface area contributed by atoms with Crippen LogP contribution in [0.5, 0.6) is 5.75 Å². The molecule has 0 spiro atoms. The summed E-state index contributed by atoms with van der Waals surface area (Å²) in [5.74, 6) is 1.33. The van der Waals surface area contributed by atoms with Crippen molar-refractivity contribution in [3.8, 4) is 5.75 Å². The molecule has 2 N–H and O–H groups in total. The van der Waals surface area contributed by atoms with E-state index in [-0.39, 0.29) is 12.0 Å². The van der Waals surface area contributed by atoms with E-state index in [1.54, 1.807) is 7.11 Å².